The summed E-state index contributed by atoms with van der Waals surface area (Å²) in [6.07, 6.45) is 1.00. The highest BCUT2D eigenvalue weighted by atomic mass is 32.2. The highest BCUT2D eigenvalue weighted by molar-refractivity contribution is 7.98. The summed E-state index contributed by atoms with van der Waals surface area (Å²) in [4.78, 5) is 19.3. The Kier molecular flexibility index (Phi) is 5.00. The van der Waals surface area contributed by atoms with E-state index in [0.29, 0.717) is 22.3 Å². The molecule has 0 fully saturated rings. The van der Waals surface area contributed by atoms with Gasteiger partial charge in [0.05, 0.1) is 5.69 Å². The van der Waals surface area contributed by atoms with Gasteiger partial charge in [0.15, 0.2) is 0 Å². The minimum absolute atomic E-state index is 0.544. The molecule has 0 aliphatic heterocycles. The van der Waals surface area contributed by atoms with E-state index in [0.717, 1.165) is 24.4 Å². The first-order chi connectivity index (χ1) is 9.99. The predicted molar refractivity (Wildman–Crippen MR) is 83.0 cm³/mol. The van der Waals surface area contributed by atoms with Crippen molar-refractivity contribution in [2.45, 2.75) is 37.6 Å². The van der Waals surface area contributed by atoms with Crippen molar-refractivity contribution in [2.24, 2.45) is 0 Å². The van der Waals surface area contributed by atoms with Gasteiger partial charge in [-0.3, -0.25) is 0 Å². The second kappa shape index (κ2) is 6.75. The van der Waals surface area contributed by atoms with Crippen LogP contribution in [0, 0.1) is 13.8 Å². The summed E-state index contributed by atoms with van der Waals surface area (Å²) in [6, 6.07) is 0. The standard InChI is InChI=1S/C13H20N6OS/c1-6-7-14-10-16-11(19(4)5)18-12(17-10)21-13-15-8(2)9(3)20-13/h6-7H2,1-5H3,(H,14,16,17,18). The zero-order valence-corrected chi connectivity index (χ0v) is 13.8. The summed E-state index contributed by atoms with van der Waals surface area (Å²) < 4.78 is 5.56. The molecule has 8 heteroatoms. The molecule has 0 saturated carbocycles. The summed E-state index contributed by atoms with van der Waals surface area (Å²) in [5.41, 5.74) is 0.878. The Morgan fingerprint density at radius 2 is 1.90 bits per heavy atom. The normalized spacial score (nSPS) is 10.7. The first-order valence-corrected chi connectivity index (χ1v) is 7.60. The fourth-order valence-electron chi connectivity index (χ4n) is 1.47. The summed E-state index contributed by atoms with van der Waals surface area (Å²) in [5.74, 6) is 1.98. The highest BCUT2D eigenvalue weighted by Gasteiger charge is 2.13. The molecule has 2 heterocycles. The molecule has 21 heavy (non-hydrogen) atoms. The van der Waals surface area contributed by atoms with Crippen LogP contribution in [0.15, 0.2) is 14.8 Å². The topological polar surface area (TPSA) is 80.0 Å². The Morgan fingerprint density at radius 3 is 2.48 bits per heavy atom. The zero-order chi connectivity index (χ0) is 15.4. The fraction of sp³-hybridized carbons (Fsp3) is 0.538. The van der Waals surface area contributed by atoms with Crippen molar-refractivity contribution in [3.63, 3.8) is 0 Å². The van der Waals surface area contributed by atoms with Gasteiger partial charge in [0.25, 0.3) is 5.22 Å². The molecule has 0 spiro atoms. The zero-order valence-electron chi connectivity index (χ0n) is 13.0. The molecular formula is C13H20N6OS. The van der Waals surface area contributed by atoms with Crippen LogP contribution in [0.25, 0.3) is 0 Å². The number of aromatic nitrogens is 4. The van der Waals surface area contributed by atoms with Crippen molar-refractivity contribution in [1.29, 1.82) is 0 Å². The van der Waals surface area contributed by atoms with Crippen LogP contribution in [0.1, 0.15) is 24.8 Å². The number of hydrogen-bond acceptors (Lipinski definition) is 8. The van der Waals surface area contributed by atoms with Gasteiger partial charge in [0, 0.05) is 32.4 Å². The number of anilines is 2. The predicted octanol–water partition coefficient (Wildman–Crippen LogP) is 2.52. The van der Waals surface area contributed by atoms with Gasteiger partial charge >= 0.3 is 0 Å². The minimum atomic E-state index is 0.544. The molecule has 2 aromatic rings. The molecule has 0 bridgehead atoms. The lowest BCUT2D eigenvalue weighted by molar-refractivity contribution is 0.430. The maximum Gasteiger partial charge on any atom is 0.264 e. The van der Waals surface area contributed by atoms with Crippen molar-refractivity contribution in [3.8, 4) is 0 Å². The Balaban J connectivity index is 2.26. The van der Waals surface area contributed by atoms with Gasteiger partial charge in [-0.15, -0.1) is 0 Å². The van der Waals surface area contributed by atoms with E-state index in [1.165, 1.54) is 11.8 Å². The third kappa shape index (κ3) is 4.07. The summed E-state index contributed by atoms with van der Waals surface area (Å²) in [5, 5.41) is 4.29. The van der Waals surface area contributed by atoms with Crippen molar-refractivity contribution < 1.29 is 4.42 Å². The number of oxazole rings is 1. The Bertz CT molecular complexity index is 593. The van der Waals surface area contributed by atoms with Crippen LogP contribution in [0.4, 0.5) is 11.9 Å². The molecule has 0 atom stereocenters. The molecule has 0 aliphatic carbocycles. The third-order valence-electron chi connectivity index (χ3n) is 2.72. The molecule has 0 unspecified atom stereocenters. The third-order valence-corrected chi connectivity index (χ3v) is 3.44. The number of rotatable bonds is 6. The first-order valence-electron chi connectivity index (χ1n) is 6.78. The maximum absolute atomic E-state index is 5.56. The smallest absolute Gasteiger partial charge is 0.264 e. The van der Waals surface area contributed by atoms with Gasteiger partial charge in [0.1, 0.15) is 5.76 Å². The van der Waals surface area contributed by atoms with Crippen LogP contribution in [0.2, 0.25) is 0 Å². The van der Waals surface area contributed by atoms with Gasteiger partial charge in [-0.05, 0) is 20.3 Å². The van der Waals surface area contributed by atoms with Crippen LogP contribution in [0.3, 0.4) is 0 Å². The van der Waals surface area contributed by atoms with E-state index in [4.69, 9.17) is 4.42 Å². The molecule has 0 aliphatic rings. The van der Waals surface area contributed by atoms with Gasteiger partial charge in [0.2, 0.25) is 17.1 Å². The molecule has 0 amide bonds. The summed E-state index contributed by atoms with van der Waals surface area (Å²) >= 11 is 1.30. The average molecular weight is 308 g/mol. The van der Waals surface area contributed by atoms with Crippen LogP contribution in [-0.4, -0.2) is 40.6 Å². The molecule has 7 nitrogen and oxygen atoms in total. The van der Waals surface area contributed by atoms with Crippen LogP contribution >= 0.6 is 11.8 Å². The van der Waals surface area contributed by atoms with Gasteiger partial charge in [-0.2, -0.15) is 15.0 Å². The summed E-state index contributed by atoms with van der Waals surface area (Å²) in [7, 11) is 3.79. The van der Waals surface area contributed by atoms with Gasteiger partial charge in [-0.25, -0.2) is 4.98 Å². The van der Waals surface area contributed by atoms with Gasteiger partial charge < -0.3 is 14.6 Å². The van der Waals surface area contributed by atoms with E-state index in [2.05, 4.69) is 32.2 Å². The molecule has 1 N–H and O–H groups in total. The van der Waals surface area contributed by atoms with Gasteiger partial charge in [-0.1, -0.05) is 6.92 Å². The molecule has 2 aromatic heterocycles. The van der Waals surface area contributed by atoms with Crippen molar-refractivity contribution in [2.75, 3.05) is 30.9 Å². The lowest BCUT2D eigenvalue weighted by atomic mass is 10.4. The Morgan fingerprint density at radius 1 is 1.14 bits per heavy atom. The van der Waals surface area contributed by atoms with E-state index < -0.39 is 0 Å². The minimum Gasteiger partial charge on any atom is -0.436 e. The molecular weight excluding hydrogens is 288 g/mol. The average Bonchev–Trinajstić information content (AvgIpc) is 2.74. The Hall–Kier alpha value is -1.83. The van der Waals surface area contributed by atoms with E-state index >= 15 is 0 Å². The van der Waals surface area contributed by atoms with Crippen molar-refractivity contribution >= 4 is 23.7 Å². The molecule has 114 valence electrons. The SMILES string of the molecule is CCCNc1nc(Sc2nc(C)c(C)o2)nc(N(C)C)n1. The molecule has 0 aromatic carbocycles. The molecule has 0 saturated heterocycles. The van der Waals surface area contributed by atoms with E-state index in [1.54, 1.807) is 0 Å². The number of hydrogen-bond donors (Lipinski definition) is 1. The van der Waals surface area contributed by atoms with Crippen LogP contribution in [0.5, 0.6) is 0 Å². The molecule has 2 rings (SSSR count). The Labute approximate surface area is 128 Å². The molecule has 0 radical (unpaired) electrons. The van der Waals surface area contributed by atoms with Crippen LogP contribution in [-0.2, 0) is 0 Å². The number of aryl methyl sites for hydroxylation is 2. The largest absolute Gasteiger partial charge is 0.436 e. The van der Waals surface area contributed by atoms with Crippen molar-refractivity contribution in [3.05, 3.63) is 11.5 Å². The second-order valence-corrected chi connectivity index (χ2v) is 5.70. The first kappa shape index (κ1) is 15.6. The van der Waals surface area contributed by atoms with E-state index in [-0.39, 0.29) is 0 Å². The lowest BCUT2D eigenvalue weighted by Crippen LogP contribution is -2.16. The maximum atomic E-state index is 5.56. The lowest BCUT2D eigenvalue weighted by Gasteiger charge is -2.12. The number of nitrogens with zero attached hydrogens (tertiary/aromatic N) is 5. The summed E-state index contributed by atoms with van der Waals surface area (Å²) in [6.45, 7) is 6.71. The second-order valence-electron chi connectivity index (χ2n) is 4.79. The quantitative estimate of drug-likeness (QED) is 0.872. The fourth-order valence-corrected chi connectivity index (χ4v) is 2.24. The van der Waals surface area contributed by atoms with E-state index in [9.17, 15) is 0 Å². The van der Waals surface area contributed by atoms with E-state index in [1.807, 2.05) is 32.8 Å². The number of nitrogens with one attached hydrogen (secondary N) is 1. The monoisotopic (exact) mass is 308 g/mol. The van der Waals surface area contributed by atoms with Crippen molar-refractivity contribution in [1.82, 2.24) is 19.9 Å². The van der Waals surface area contributed by atoms with Crippen LogP contribution < -0.4 is 10.2 Å². The highest BCUT2D eigenvalue weighted by Crippen LogP contribution is 2.27.